The maximum absolute atomic E-state index is 14.0. The van der Waals surface area contributed by atoms with Crippen LogP contribution in [0.1, 0.15) is 12.5 Å². The van der Waals surface area contributed by atoms with E-state index in [9.17, 15) is 17.6 Å². The Hall–Kier alpha value is -2.12. The third-order valence-corrected chi connectivity index (χ3v) is 5.19. The van der Waals surface area contributed by atoms with Crippen molar-refractivity contribution in [2.45, 2.75) is 19.5 Å². The Bertz CT molecular complexity index is 874. The van der Waals surface area contributed by atoms with Gasteiger partial charge in [-0.1, -0.05) is 41.9 Å². The maximum atomic E-state index is 14.0. The maximum Gasteiger partial charge on any atom is 0.243 e. The average molecular weight is 385 g/mol. The van der Waals surface area contributed by atoms with E-state index in [1.54, 1.807) is 24.3 Å². The molecule has 0 aliphatic carbocycles. The molecule has 0 bridgehead atoms. The minimum Gasteiger partial charge on any atom is -0.350 e. The van der Waals surface area contributed by atoms with Crippen LogP contribution in [-0.4, -0.2) is 26.6 Å². The fourth-order valence-corrected chi connectivity index (χ4v) is 3.76. The Morgan fingerprint density at radius 1 is 1.20 bits per heavy atom. The van der Waals surface area contributed by atoms with Gasteiger partial charge >= 0.3 is 0 Å². The van der Waals surface area contributed by atoms with Crippen LogP contribution in [0.2, 0.25) is 5.02 Å². The van der Waals surface area contributed by atoms with Gasteiger partial charge in [-0.25, -0.2) is 12.8 Å². The Labute approximate surface area is 151 Å². The van der Waals surface area contributed by atoms with E-state index in [1.807, 2.05) is 0 Å². The first-order valence-corrected chi connectivity index (χ1v) is 9.69. The third kappa shape index (κ3) is 4.70. The van der Waals surface area contributed by atoms with Crippen molar-refractivity contribution in [2.75, 3.05) is 10.6 Å². The molecule has 0 unspecified atom stereocenters. The minimum atomic E-state index is -3.87. The predicted octanol–water partition coefficient (Wildman–Crippen LogP) is 2.95. The number of hydrogen-bond acceptors (Lipinski definition) is 3. The summed E-state index contributed by atoms with van der Waals surface area (Å²) < 4.78 is 39.0. The molecule has 134 valence electrons. The molecule has 0 saturated carbocycles. The zero-order chi connectivity index (χ0) is 18.6. The molecular weight excluding hydrogens is 367 g/mol. The lowest BCUT2D eigenvalue weighted by Gasteiger charge is -2.28. The van der Waals surface area contributed by atoms with Crippen LogP contribution in [0.4, 0.5) is 10.1 Å². The fourth-order valence-electron chi connectivity index (χ4n) is 2.38. The summed E-state index contributed by atoms with van der Waals surface area (Å²) in [6, 6.07) is 11.3. The van der Waals surface area contributed by atoms with Crippen LogP contribution in [0, 0.1) is 5.82 Å². The van der Waals surface area contributed by atoms with Crippen molar-refractivity contribution in [3.8, 4) is 0 Å². The molecule has 0 aliphatic rings. The van der Waals surface area contributed by atoms with Crippen LogP contribution in [0.15, 0.2) is 48.5 Å². The average Bonchev–Trinajstić information content (AvgIpc) is 2.54. The molecule has 0 saturated heterocycles. The summed E-state index contributed by atoms with van der Waals surface area (Å²) in [5.74, 6) is -1.28. The summed E-state index contributed by atoms with van der Waals surface area (Å²) in [5.41, 5.74) is 0.520. The summed E-state index contributed by atoms with van der Waals surface area (Å²) in [4.78, 5) is 12.4. The minimum absolute atomic E-state index is 0.137. The van der Waals surface area contributed by atoms with Crippen molar-refractivity contribution in [1.29, 1.82) is 0 Å². The number of carbonyl (C=O) groups is 1. The standard InChI is InChI=1S/C17H18ClFN2O3S/c1-12(17(22)20-11-13-7-3-4-8-14(13)18)21(25(2,23)24)16-10-6-5-9-15(16)19/h3-10,12H,11H2,1-2H3,(H,20,22)/t12-/m0/s1. The monoisotopic (exact) mass is 384 g/mol. The Morgan fingerprint density at radius 3 is 2.40 bits per heavy atom. The molecule has 2 aromatic rings. The van der Waals surface area contributed by atoms with E-state index in [4.69, 9.17) is 11.6 Å². The van der Waals surface area contributed by atoms with Gasteiger partial charge in [0, 0.05) is 11.6 Å². The summed E-state index contributed by atoms with van der Waals surface area (Å²) in [6.45, 7) is 1.53. The van der Waals surface area contributed by atoms with Crippen LogP contribution >= 0.6 is 11.6 Å². The van der Waals surface area contributed by atoms with E-state index in [0.29, 0.717) is 10.6 Å². The molecule has 5 nitrogen and oxygen atoms in total. The van der Waals surface area contributed by atoms with E-state index in [-0.39, 0.29) is 12.2 Å². The molecule has 1 amide bonds. The molecule has 0 aromatic heterocycles. The largest absolute Gasteiger partial charge is 0.350 e. The first-order valence-electron chi connectivity index (χ1n) is 7.47. The number of amides is 1. The molecule has 1 atom stereocenters. The van der Waals surface area contributed by atoms with E-state index in [1.165, 1.54) is 25.1 Å². The van der Waals surface area contributed by atoms with Gasteiger partial charge < -0.3 is 5.32 Å². The third-order valence-electron chi connectivity index (χ3n) is 3.59. The number of anilines is 1. The summed E-state index contributed by atoms with van der Waals surface area (Å²) in [6.07, 6.45) is 0.928. The second-order valence-corrected chi connectivity index (χ2v) is 7.76. The number of halogens is 2. The van der Waals surface area contributed by atoms with Crippen molar-refractivity contribution in [2.24, 2.45) is 0 Å². The predicted molar refractivity (Wildman–Crippen MR) is 96.5 cm³/mol. The Morgan fingerprint density at radius 2 is 1.80 bits per heavy atom. The molecular formula is C17H18ClFN2O3S. The fraction of sp³-hybridized carbons (Fsp3) is 0.235. The molecule has 0 spiro atoms. The van der Waals surface area contributed by atoms with Gasteiger partial charge in [0.05, 0.1) is 11.9 Å². The van der Waals surface area contributed by atoms with E-state index in [0.717, 1.165) is 16.6 Å². The molecule has 2 aromatic carbocycles. The van der Waals surface area contributed by atoms with Gasteiger partial charge in [-0.2, -0.15) is 0 Å². The van der Waals surface area contributed by atoms with Crippen LogP contribution in [0.5, 0.6) is 0 Å². The highest BCUT2D eigenvalue weighted by atomic mass is 35.5. The topological polar surface area (TPSA) is 66.5 Å². The van der Waals surface area contributed by atoms with Crippen molar-refractivity contribution in [1.82, 2.24) is 5.32 Å². The van der Waals surface area contributed by atoms with Gasteiger partial charge in [-0.05, 0) is 30.7 Å². The number of carbonyl (C=O) groups excluding carboxylic acids is 1. The normalized spacial score (nSPS) is 12.5. The number of rotatable bonds is 6. The van der Waals surface area contributed by atoms with E-state index in [2.05, 4.69) is 5.32 Å². The lowest BCUT2D eigenvalue weighted by Crippen LogP contribution is -2.48. The van der Waals surface area contributed by atoms with Crippen LogP contribution < -0.4 is 9.62 Å². The number of para-hydroxylation sites is 1. The Kier molecular flexibility index (Phi) is 6.02. The molecule has 0 heterocycles. The molecule has 0 aliphatic heterocycles. The highest BCUT2D eigenvalue weighted by Gasteiger charge is 2.30. The van der Waals surface area contributed by atoms with Gasteiger partial charge in [0.1, 0.15) is 11.9 Å². The number of nitrogens with zero attached hydrogens (tertiary/aromatic N) is 1. The summed E-state index contributed by atoms with van der Waals surface area (Å²) >= 11 is 6.03. The van der Waals surface area contributed by atoms with Gasteiger partial charge in [0.15, 0.2) is 0 Å². The van der Waals surface area contributed by atoms with E-state index >= 15 is 0 Å². The lowest BCUT2D eigenvalue weighted by molar-refractivity contribution is -0.122. The van der Waals surface area contributed by atoms with Gasteiger partial charge in [0.25, 0.3) is 0 Å². The van der Waals surface area contributed by atoms with Crippen molar-refractivity contribution >= 4 is 33.2 Å². The summed E-state index contributed by atoms with van der Waals surface area (Å²) in [5, 5.41) is 3.12. The molecule has 1 N–H and O–H groups in total. The van der Waals surface area contributed by atoms with Crippen LogP contribution in [0.3, 0.4) is 0 Å². The van der Waals surface area contributed by atoms with Crippen LogP contribution in [-0.2, 0) is 21.4 Å². The van der Waals surface area contributed by atoms with Gasteiger partial charge in [0.2, 0.25) is 15.9 Å². The van der Waals surface area contributed by atoms with Crippen molar-refractivity contribution in [3.05, 3.63) is 64.9 Å². The van der Waals surface area contributed by atoms with Crippen molar-refractivity contribution in [3.63, 3.8) is 0 Å². The molecule has 2 rings (SSSR count). The SMILES string of the molecule is C[C@@H](C(=O)NCc1ccccc1Cl)N(c1ccccc1F)S(C)(=O)=O. The Balaban J connectivity index is 2.22. The molecule has 0 radical (unpaired) electrons. The zero-order valence-corrected chi connectivity index (χ0v) is 15.3. The number of hydrogen-bond donors (Lipinski definition) is 1. The quantitative estimate of drug-likeness (QED) is 0.832. The second-order valence-electron chi connectivity index (χ2n) is 5.50. The van der Waals surface area contributed by atoms with Crippen LogP contribution in [0.25, 0.3) is 0 Å². The number of benzene rings is 2. The van der Waals surface area contributed by atoms with E-state index < -0.39 is 27.8 Å². The molecule has 25 heavy (non-hydrogen) atoms. The van der Waals surface area contributed by atoms with Gasteiger partial charge in [-0.3, -0.25) is 9.10 Å². The number of sulfonamides is 1. The first-order chi connectivity index (χ1) is 11.7. The highest BCUT2D eigenvalue weighted by Crippen LogP contribution is 2.24. The molecule has 8 heteroatoms. The van der Waals surface area contributed by atoms with Crippen molar-refractivity contribution < 1.29 is 17.6 Å². The highest BCUT2D eigenvalue weighted by molar-refractivity contribution is 7.92. The second kappa shape index (κ2) is 7.84. The first kappa shape index (κ1) is 19.2. The lowest BCUT2D eigenvalue weighted by atomic mass is 10.2. The smallest absolute Gasteiger partial charge is 0.243 e. The molecule has 0 fully saturated rings. The van der Waals surface area contributed by atoms with Gasteiger partial charge in [-0.15, -0.1) is 0 Å². The zero-order valence-electron chi connectivity index (χ0n) is 13.7. The summed E-state index contributed by atoms with van der Waals surface area (Å²) in [7, 11) is -3.87. The number of nitrogens with one attached hydrogen (secondary N) is 1.